The average Bonchev–Trinajstić information content (AvgIpc) is 2.87. The van der Waals surface area contributed by atoms with Crippen molar-refractivity contribution in [2.24, 2.45) is 0 Å². The number of nitrogens with one attached hydrogen (secondary N) is 1. The van der Waals surface area contributed by atoms with E-state index in [1.165, 1.54) is 17.8 Å². The van der Waals surface area contributed by atoms with E-state index in [1.54, 1.807) is 54.3 Å². The number of hydrogen-bond donors (Lipinski definition) is 1. The first-order valence-corrected chi connectivity index (χ1v) is 14.4. The van der Waals surface area contributed by atoms with Crippen molar-refractivity contribution in [3.05, 3.63) is 65.2 Å². The number of carbonyl (C=O) groups is 2. The van der Waals surface area contributed by atoms with Crippen molar-refractivity contribution in [1.82, 2.24) is 14.5 Å². The van der Waals surface area contributed by atoms with Crippen LogP contribution in [0, 0.1) is 0 Å². The number of carbonyl (C=O) groups excluding carboxylic acids is 2. The predicted octanol–water partition coefficient (Wildman–Crippen LogP) is 4.61. The Morgan fingerprint density at radius 3 is 2.42 bits per heavy atom. The van der Waals surface area contributed by atoms with E-state index in [2.05, 4.69) is 5.32 Å². The lowest BCUT2D eigenvalue weighted by molar-refractivity contribution is -0.141. The Balaban J connectivity index is 1.65. The Kier molecular flexibility index (Phi) is 10.3. The van der Waals surface area contributed by atoms with Gasteiger partial charge in [-0.3, -0.25) is 9.59 Å². The second kappa shape index (κ2) is 13.2. The summed E-state index contributed by atoms with van der Waals surface area (Å²) in [6.45, 7) is 2.18. The van der Waals surface area contributed by atoms with Crippen molar-refractivity contribution in [1.29, 1.82) is 0 Å². The fourth-order valence-electron chi connectivity index (χ4n) is 4.47. The van der Waals surface area contributed by atoms with Crippen molar-refractivity contribution in [2.45, 2.75) is 75.4 Å². The number of hydrogen-bond acceptors (Lipinski definition) is 4. The molecule has 196 valence electrons. The van der Waals surface area contributed by atoms with Crippen LogP contribution in [-0.4, -0.2) is 55.1 Å². The maximum Gasteiger partial charge on any atom is 0.242 e. The van der Waals surface area contributed by atoms with E-state index in [4.69, 9.17) is 11.6 Å². The number of amides is 2. The third-order valence-corrected chi connectivity index (χ3v) is 8.78. The van der Waals surface area contributed by atoms with Crippen LogP contribution in [0.4, 0.5) is 0 Å². The van der Waals surface area contributed by atoms with Crippen LogP contribution < -0.4 is 5.32 Å². The second-order valence-corrected chi connectivity index (χ2v) is 11.9. The molecule has 1 aliphatic rings. The molecule has 3 rings (SSSR count). The van der Waals surface area contributed by atoms with E-state index in [1.807, 2.05) is 12.1 Å². The lowest BCUT2D eigenvalue weighted by Crippen LogP contribution is -2.50. The van der Waals surface area contributed by atoms with Gasteiger partial charge in [0.2, 0.25) is 21.8 Å². The van der Waals surface area contributed by atoms with Gasteiger partial charge in [0.25, 0.3) is 0 Å². The molecule has 36 heavy (non-hydrogen) atoms. The lowest BCUT2D eigenvalue weighted by atomic mass is 9.95. The zero-order chi connectivity index (χ0) is 26.1. The zero-order valence-electron chi connectivity index (χ0n) is 21.0. The number of sulfonamides is 1. The fraction of sp³-hybridized carbons (Fsp3) is 0.481. The largest absolute Gasteiger partial charge is 0.352 e. The minimum atomic E-state index is -3.63. The number of benzene rings is 2. The molecule has 0 spiro atoms. The first-order valence-electron chi connectivity index (χ1n) is 12.5. The molecule has 9 heteroatoms. The quantitative estimate of drug-likeness (QED) is 0.457. The summed E-state index contributed by atoms with van der Waals surface area (Å²) in [6, 6.07) is 14.9. The third kappa shape index (κ3) is 7.79. The molecule has 2 aromatic rings. The van der Waals surface area contributed by atoms with Crippen LogP contribution in [0.5, 0.6) is 0 Å². The molecule has 1 fully saturated rings. The highest BCUT2D eigenvalue weighted by Gasteiger charge is 2.28. The summed E-state index contributed by atoms with van der Waals surface area (Å²) in [6.07, 6.45) is 5.77. The van der Waals surface area contributed by atoms with Gasteiger partial charge >= 0.3 is 0 Å². The summed E-state index contributed by atoms with van der Waals surface area (Å²) >= 11 is 6.15. The van der Waals surface area contributed by atoms with Crippen LogP contribution in [0.3, 0.4) is 0 Å². The molecule has 1 saturated carbocycles. The van der Waals surface area contributed by atoms with Crippen LogP contribution >= 0.6 is 11.6 Å². The van der Waals surface area contributed by atoms with Gasteiger partial charge in [-0.15, -0.1) is 0 Å². The van der Waals surface area contributed by atoms with Crippen molar-refractivity contribution in [2.75, 3.05) is 13.6 Å². The van der Waals surface area contributed by atoms with Gasteiger partial charge in [-0.1, -0.05) is 61.2 Å². The highest BCUT2D eigenvalue weighted by atomic mass is 35.5. The van der Waals surface area contributed by atoms with Crippen LogP contribution in [0.2, 0.25) is 5.02 Å². The Morgan fingerprint density at radius 1 is 1.06 bits per heavy atom. The molecular weight excluding hydrogens is 498 g/mol. The smallest absolute Gasteiger partial charge is 0.242 e. The van der Waals surface area contributed by atoms with E-state index in [0.717, 1.165) is 31.2 Å². The van der Waals surface area contributed by atoms with Gasteiger partial charge in [0.05, 0.1) is 4.90 Å². The molecule has 1 N–H and O–H groups in total. The molecule has 0 aromatic heterocycles. The standard InChI is InChI=1S/C27H36ClN3O4S/c1-21(27(33)29-24-13-5-3-6-14-24)31(20-22-11-9-12-23(28)19-22)26(32)17-10-18-30(2)36(34,35)25-15-7-4-8-16-25/h4,7-9,11-12,15-16,19,21,24H,3,5-6,10,13-14,17-18,20H2,1-2H3,(H,29,33). The summed E-state index contributed by atoms with van der Waals surface area (Å²) in [4.78, 5) is 28.2. The molecule has 0 aliphatic heterocycles. The number of rotatable bonds is 11. The average molecular weight is 534 g/mol. The van der Waals surface area contributed by atoms with E-state index < -0.39 is 16.1 Å². The summed E-state index contributed by atoms with van der Waals surface area (Å²) in [7, 11) is -2.12. The molecule has 0 saturated heterocycles. The van der Waals surface area contributed by atoms with Gasteiger partial charge < -0.3 is 10.2 Å². The van der Waals surface area contributed by atoms with Crippen LogP contribution in [0.1, 0.15) is 57.4 Å². The van der Waals surface area contributed by atoms with Gasteiger partial charge in [-0.25, -0.2) is 12.7 Å². The van der Waals surface area contributed by atoms with Crippen molar-refractivity contribution < 1.29 is 18.0 Å². The summed E-state index contributed by atoms with van der Waals surface area (Å²) in [5.74, 6) is -0.368. The minimum Gasteiger partial charge on any atom is -0.352 e. The monoisotopic (exact) mass is 533 g/mol. The van der Waals surface area contributed by atoms with E-state index in [0.29, 0.717) is 11.4 Å². The third-order valence-electron chi connectivity index (χ3n) is 6.68. The van der Waals surface area contributed by atoms with Gasteiger partial charge in [0, 0.05) is 37.6 Å². The van der Waals surface area contributed by atoms with Crippen molar-refractivity contribution >= 4 is 33.4 Å². The van der Waals surface area contributed by atoms with Gasteiger partial charge in [0.15, 0.2) is 0 Å². The normalized spacial score (nSPS) is 15.4. The lowest BCUT2D eigenvalue weighted by Gasteiger charge is -2.31. The van der Waals surface area contributed by atoms with Crippen LogP contribution in [0.15, 0.2) is 59.5 Å². The molecular formula is C27H36ClN3O4S. The first kappa shape index (κ1) is 28.2. The zero-order valence-corrected chi connectivity index (χ0v) is 22.6. The van der Waals surface area contributed by atoms with E-state index >= 15 is 0 Å². The maximum absolute atomic E-state index is 13.3. The predicted molar refractivity (Wildman–Crippen MR) is 142 cm³/mol. The minimum absolute atomic E-state index is 0.121. The topological polar surface area (TPSA) is 86.8 Å². The van der Waals surface area contributed by atoms with E-state index in [9.17, 15) is 18.0 Å². The second-order valence-electron chi connectivity index (χ2n) is 9.41. The number of nitrogens with zero attached hydrogens (tertiary/aromatic N) is 2. The molecule has 1 unspecified atom stereocenters. The van der Waals surface area contributed by atoms with Crippen LogP contribution in [0.25, 0.3) is 0 Å². The summed E-state index contributed by atoms with van der Waals surface area (Å²) < 4.78 is 26.8. The summed E-state index contributed by atoms with van der Waals surface area (Å²) in [5.41, 5.74) is 0.830. The molecule has 1 atom stereocenters. The molecule has 0 heterocycles. The molecule has 0 radical (unpaired) electrons. The highest BCUT2D eigenvalue weighted by molar-refractivity contribution is 7.89. The number of halogens is 1. The van der Waals surface area contributed by atoms with Gasteiger partial charge in [-0.2, -0.15) is 0 Å². The first-order chi connectivity index (χ1) is 17.2. The van der Waals surface area contributed by atoms with Crippen molar-refractivity contribution in [3.8, 4) is 0 Å². The Hall–Kier alpha value is -2.42. The highest BCUT2D eigenvalue weighted by Crippen LogP contribution is 2.20. The van der Waals surface area contributed by atoms with Crippen molar-refractivity contribution in [3.63, 3.8) is 0 Å². The molecule has 2 aromatic carbocycles. The Morgan fingerprint density at radius 2 is 1.75 bits per heavy atom. The van der Waals surface area contributed by atoms with Gasteiger partial charge in [0.1, 0.15) is 6.04 Å². The Labute approximate surface area is 219 Å². The van der Waals surface area contributed by atoms with E-state index in [-0.39, 0.29) is 42.3 Å². The van der Waals surface area contributed by atoms with Crippen LogP contribution in [-0.2, 0) is 26.2 Å². The summed E-state index contributed by atoms with van der Waals surface area (Å²) in [5, 5.41) is 3.68. The fourth-order valence-corrected chi connectivity index (χ4v) is 5.92. The SMILES string of the molecule is CC(C(=O)NC1CCCCC1)N(Cc1cccc(Cl)c1)C(=O)CCCN(C)S(=O)(=O)c1ccccc1. The maximum atomic E-state index is 13.3. The molecule has 2 amide bonds. The van der Waals surface area contributed by atoms with Gasteiger partial charge in [-0.05, 0) is 56.0 Å². The molecule has 7 nitrogen and oxygen atoms in total. The molecule has 1 aliphatic carbocycles. The Bertz CT molecular complexity index is 1120. The molecule has 0 bridgehead atoms.